The summed E-state index contributed by atoms with van der Waals surface area (Å²) in [6.45, 7) is 0. The number of aromatic nitrogens is 2. The molecule has 0 saturated heterocycles. The molecule has 1 aromatic heterocycles. The number of benzene rings is 2. The van der Waals surface area contributed by atoms with Gasteiger partial charge in [-0.2, -0.15) is 0 Å². The first kappa shape index (κ1) is 18.5. The van der Waals surface area contributed by atoms with Crippen LogP contribution in [0.3, 0.4) is 0 Å². The van der Waals surface area contributed by atoms with E-state index in [0.29, 0.717) is 10.7 Å². The summed E-state index contributed by atoms with van der Waals surface area (Å²) >= 11 is 1.15. The van der Waals surface area contributed by atoms with Gasteiger partial charge in [-0.3, -0.25) is 14.9 Å². The van der Waals surface area contributed by atoms with Crippen LogP contribution >= 0.6 is 11.8 Å². The van der Waals surface area contributed by atoms with Crippen LogP contribution in [0.4, 0.5) is 15.8 Å². The maximum Gasteiger partial charge on any atom is 0.292 e. The van der Waals surface area contributed by atoms with Crippen molar-refractivity contribution in [1.82, 2.24) is 10.2 Å². The standard InChI is InChI=1S/C18H13FN4O3S/c19-13-7-5-12(6-8-13)14-9-10-18(22-21-14)27-11-17(24)20-15-3-1-2-4-16(15)23(25)26/h1-10H,11H2,(H,20,24). The Kier molecular flexibility index (Phi) is 5.72. The van der Waals surface area contributed by atoms with Crippen LogP contribution in [0.5, 0.6) is 0 Å². The van der Waals surface area contributed by atoms with Gasteiger partial charge in [-0.1, -0.05) is 23.9 Å². The lowest BCUT2D eigenvalue weighted by Gasteiger charge is -2.06. The van der Waals surface area contributed by atoms with E-state index in [9.17, 15) is 19.3 Å². The van der Waals surface area contributed by atoms with Crippen molar-refractivity contribution in [3.8, 4) is 11.3 Å². The summed E-state index contributed by atoms with van der Waals surface area (Å²) in [5.41, 5.74) is 1.29. The van der Waals surface area contributed by atoms with E-state index in [1.807, 2.05) is 0 Å². The minimum Gasteiger partial charge on any atom is -0.320 e. The van der Waals surface area contributed by atoms with E-state index in [1.165, 1.54) is 30.3 Å². The highest BCUT2D eigenvalue weighted by atomic mass is 32.2. The molecule has 0 aliphatic carbocycles. The molecule has 1 heterocycles. The highest BCUT2D eigenvalue weighted by Gasteiger charge is 2.15. The number of nitrogens with zero attached hydrogens (tertiary/aromatic N) is 3. The van der Waals surface area contributed by atoms with Crippen molar-refractivity contribution in [3.05, 3.63) is 76.6 Å². The van der Waals surface area contributed by atoms with Crippen LogP contribution in [-0.2, 0) is 4.79 Å². The first-order valence-corrected chi connectivity index (χ1v) is 8.77. The fourth-order valence-electron chi connectivity index (χ4n) is 2.24. The third kappa shape index (κ3) is 4.85. The number of rotatable bonds is 6. The van der Waals surface area contributed by atoms with Crippen LogP contribution in [0, 0.1) is 15.9 Å². The Morgan fingerprint density at radius 3 is 2.48 bits per heavy atom. The van der Waals surface area contributed by atoms with Crippen molar-refractivity contribution < 1.29 is 14.1 Å². The Morgan fingerprint density at radius 2 is 1.81 bits per heavy atom. The second kappa shape index (κ2) is 8.37. The number of anilines is 1. The van der Waals surface area contributed by atoms with Crippen LogP contribution in [0.2, 0.25) is 0 Å². The van der Waals surface area contributed by atoms with Gasteiger partial charge in [0.05, 0.1) is 16.4 Å². The number of amides is 1. The highest BCUT2D eigenvalue weighted by Crippen LogP contribution is 2.24. The Morgan fingerprint density at radius 1 is 1.07 bits per heavy atom. The number of nitro groups is 1. The maximum absolute atomic E-state index is 13.0. The van der Waals surface area contributed by atoms with Gasteiger partial charge in [-0.15, -0.1) is 10.2 Å². The van der Waals surface area contributed by atoms with E-state index in [1.54, 1.807) is 30.3 Å². The number of hydrogen-bond donors (Lipinski definition) is 1. The predicted molar refractivity (Wildman–Crippen MR) is 99.9 cm³/mol. The lowest BCUT2D eigenvalue weighted by molar-refractivity contribution is -0.383. The fourth-order valence-corrected chi connectivity index (χ4v) is 2.85. The molecule has 0 aliphatic heterocycles. The van der Waals surface area contributed by atoms with Crippen molar-refractivity contribution in [2.24, 2.45) is 0 Å². The molecule has 1 N–H and O–H groups in total. The molecule has 1 amide bonds. The summed E-state index contributed by atoms with van der Waals surface area (Å²) in [4.78, 5) is 22.4. The molecule has 27 heavy (non-hydrogen) atoms. The number of nitro benzene ring substituents is 1. The Bertz CT molecular complexity index is 965. The smallest absolute Gasteiger partial charge is 0.292 e. The molecule has 0 saturated carbocycles. The molecule has 0 atom stereocenters. The summed E-state index contributed by atoms with van der Waals surface area (Å²) in [6, 6.07) is 15.2. The van der Waals surface area contributed by atoms with Crippen molar-refractivity contribution in [1.29, 1.82) is 0 Å². The second-order valence-corrected chi connectivity index (χ2v) is 6.37. The zero-order chi connectivity index (χ0) is 19.2. The molecule has 3 aromatic rings. The molecule has 9 heteroatoms. The summed E-state index contributed by atoms with van der Waals surface area (Å²) in [6.07, 6.45) is 0. The summed E-state index contributed by atoms with van der Waals surface area (Å²) in [5.74, 6) is -0.696. The average Bonchev–Trinajstić information content (AvgIpc) is 2.68. The first-order chi connectivity index (χ1) is 13.0. The quantitative estimate of drug-likeness (QED) is 0.393. The van der Waals surface area contributed by atoms with Gasteiger partial charge in [0.1, 0.15) is 16.5 Å². The summed E-state index contributed by atoms with van der Waals surface area (Å²) in [7, 11) is 0. The lowest BCUT2D eigenvalue weighted by Crippen LogP contribution is -2.15. The zero-order valence-corrected chi connectivity index (χ0v) is 14.6. The molecular formula is C18H13FN4O3S. The normalized spacial score (nSPS) is 10.4. The Hall–Kier alpha value is -3.33. The molecule has 0 spiro atoms. The molecule has 0 aliphatic rings. The maximum atomic E-state index is 13.0. The van der Waals surface area contributed by atoms with Crippen LogP contribution in [0.15, 0.2) is 65.7 Å². The van der Waals surface area contributed by atoms with Gasteiger partial charge >= 0.3 is 0 Å². The van der Waals surface area contributed by atoms with Gasteiger partial charge in [0, 0.05) is 11.6 Å². The van der Waals surface area contributed by atoms with Gasteiger partial charge in [-0.25, -0.2) is 4.39 Å². The van der Waals surface area contributed by atoms with Crippen molar-refractivity contribution in [3.63, 3.8) is 0 Å². The Labute approximate surface area is 157 Å². The number of nitrogens with one attached hydrogen (secondary N) is 1. The number of para-hydroxylation sites is 2. The molecule has 0 bridgehead atoms. The molecule has 7 nitrogen and oxygen atoms in total. The molecule has 0 radical (unpaired) electrons. The minimum atomic E-state index is -0.553. The number of carbonyl (C=O) groups excluding carboxylic acids is 1. The SMILES string of the molecule is O=C(CSc1ccc(-c2ccc(F)cc2)nn1)Nc1ccccc1[N+](=O)[O-]. The fraction of sp³-hybridized carbons (Fsp3) is 0.0556. The van der Waals surface area contributed by atoms with E-state index in [0.717, 1.165) is 17.3 Å². The van der Waals surface area contributed by atoms with E-state index in [4.69, 9.17) is 0 Å². The van der Waals surface area contributed by atoms with Gasteiger partial charge in [0.2, 0.25) is 5.91 Å². The topological polar surface area (TPSA) is 98.0 Å². The summed E-state index contributed by atoms with van der Waals surface area (Å²) in [5, 5.41) is 22.1. The van der Waals surface area contributed by atoms with Gasteiger partial charge in [-0.05, 0) is 42.5 Å². The molecule has 0 unspecified atom stereocenters. The molecule has 3 rings (SSSR count). The van der Waals surface area contributed by atoms with E-state index >= 15 is 0 Å². The largest absolute Gasteiger partial charge is 0.320 e. The zero-order valence-electron chi connectivity index (χ0n) is 13.8. The van der Waals surface area contributed by atoms with Gasteiger partial charge in [0.25, 0.3) is 5.69 Å². The Balaban J connectivity index is 1.59. The monoisotopic (exact) mass is 384 g/mol. The van der Waals surface area contributed by atoms with E-state index in [2.05, 4.69) is 15.5 Å². The third-order valence-corrected chi connectivity index (χ3v) is 4.43. The van der Waals surface area contributed by atoms with Crippen molar-refractivity contribution in [2.45, 2.75) is 5.03 Å². The molecule has 136 valence electrons. The van der Waals surface area contributed by atoms with Gasteiger partial charge in [0.15, 0.2) is 0 Å². The van der Waals surface area contributed by atoms with E-state index < -0.39 is 10.8 Å². The van der Waals surface area contributed by atoms with Crippen LogP contribution in [0.1, 0.15) is 0 Å². The van der Waals surface area contributed by atoms with Crippen LogP contribution in [0.25, 0.3) is 11.3 Å². The second-order valence-electron chi connectivity index (χ2n) is 5.37. The van der Waals surface area contributed by atoms with Crippen molar-refractivity contribution in [2.75, 3.05) is 11.1 Å². The average molecular weight is 384 g/mol. The third-order valence-electron chi connectivity index (χ3n) is 3.51. The van der Waals surface area contributed by atoms with Crippen molar-refractivity contribution >= 4 is 29.0 Å². The first-order valence-electron chi connectivity index (χ1n) is 7.78. The number of hydrogen-bond acceptors (Lipinski definition) is 6. The molecular weight excluding hydrogens is 371 g/mol. The predicted octanol–water partition coefficient (Wildman–Crippen LogP) is 3.92. The van der Waals surface area contributed by atoms with Gasteiger partial charge < -0.3 is 5.32 Å². The minimum absolute atomic E-state index is 0.0244. The number of carbonyl (C=O) groups is 1. The molecule has 2 aromatic carbocycles. The number of halogens is 1. The van der Waals surface area contributed by atoms with E-state index in [-0.39, 0.29) is 22.9 Å². The lowest BCUT2D eigenvalue weighted by atomic mass is 10.1. The van der Waals surface area contributed by atoms with Crippen LogP contribution < -0.4 is 5.32 Å². The number of thioether (sulfide) groups is 1. The van der Waals surface area contributed by atoms with Crippen LogP contribution in [-0.4, -0.2) is 26.8 Å². The highest BCUT2D eigenvalue weighted by molar-refractivity contribution is 7.99. The summed E-state index contributed by atoms with van der Waals surface area (Å²) < 4.78 is 13.0. The molecule has 0 fully saturated rings.